The molecule has 25 heavy (non-hydrogen) atoms. The van der Waals surface area contributed by atoms with Gasteiger partial charge in [-0.1, -0.05) is 23.7 Å². The molecule has 124 valence electrons. The molecule has 3 heterocycles. The Bertz CT molecular complexity index is 1050. The number of halogens is 1. The van der Waals surface area contributed by atoms with E-state index in [4.69, 9.17) is 11.6 Å². The largest absolute Gasteiger partial charge is 0.321 e. The highest BCUT2D eigenvalue weighted by Crippen LogP contribution is 2.27. The maximum atomic E-state index is 12.4. The number of aryl methyl sites for hydroxylation is 1. The van der Waals surface area contributed by atoms with Crippen LogP contribution in [0.15, 0.2) is 55.0 Å². The van der Waals surface area contributed by atoms with Crippen molar-refractivity contribution in [3.05, 3.63) is 69.8 Å². The summed E-state index contributed by atoms with van der Waals surface area (Å²) in [6, 6.07) is 11.2. The summed E-state index contributed by atoms with van der Waals surface area (Å²) in [7, 11) is 0. The van der Waals surface area contributed by atoms with Gasteiger partial charge in [-0.2, -0.15) is 0 Å². The molecule has 0 saturated carbocycles. The summed E-state index contributed by atoms with van der Waals surface area (Å²) in [6.45, 7) is 1.95. The molecule has 0 bridgehead atoms. The molecule has 4 aromatic rings. The predicted octanol–water partition coefficient (Wildman–Crippen LogP) is 4.67. The fourth-order valence-corrected chi connectivity index (χ4v) is 3.44. The minimum atomic E-state index is -0.172. The number of nitrogens with zero attached hydrogens (tertiary/aromatic N) is 3. The van der Waals surface area contributed by atoms with Gasteiger partial charge in [-0.15, -0.1) is 11.3 Å². The lowest BCUT2D eigenvalue weighted by Crippen LogP contribution is -2.11. The minimum absolute atomic E-state index is 0.172. The lowest BCUT2D eigenvalue weighted by molar-refractivity contribution is 0.103. The molecule has 1 amide bonds. The van der Waals surface area contributed by atoms with Gasteiger partial charge in [0.05, 0.1) is 14.9 Å². The van der Waals surface area contributed by atoms with Crippen molar-refractivity contribution in [2.24, 2.45) is 0 Å². The van der Waals surface area contributed by atoms with Crippen molar-refractivity contribution in [1.29, 1.82) is 0 Å². The first-order valence-corrected chi connectivity index (χ1v) is 8.77. The number of carbonyl (C=O) groups is 1. The average Bonchev–Trinajstić information content (AvgIpc) is 3.23. The number of amides is 1. The van der Waals surface area contributed by atoms with Crippen LogP contribution in [-0.2, 0) is 0 Å². The lowest BCUT2D eigenvalue weighted by Gasteiger charge is -2.09. The Morgan fingerprint density at radius 1 is 1.28 bits per heavy atom. The second kappa shape index (κ2) is 6.31. The third-order valence-electron chi connectivity index (χ3n) is 3.81. The molecule has 0 unspecified atom stereocenters. The molecule has 0 radical (unpaired) electrons. The minimum Gasteiger partial charge on any atom is -0.321 e. The number of benzene rings is 1. The van der Waals surface area contributed by atoms with Crippen LogP contribution in [0, 0.1) is 6.92 Å². The van der Waals surface area contributed by atoms with E-state index in [9.17, 15) is 4.79 Å². The first kappa shape index (κ1) is 15.8. The molecule has 5 nitrogen and oxygen atoms in total. The molecule has 0 fully saturated rings. The van der Waals surface area contributed by atoms with E-state index in [1.807, 2.05) is 48.0 Å². The van der Waals surface area contributed by atoms with E-state index in [0.717, 1.165) is 22.5 Å². The van der Waals surface area contributed by atoms with Crippen LogP contribution in [0.25, 0.3) is 17.0 Å². The molecule has 7 heteroatoms. The quantitative estimate of drug-likeness (QED) is 0.571. The molecular formula is C18H13ClN4OS. The van der Waals surface area contributed by atoms with Crippen molar-refractivity contribution in [2.45, 2.75) is 6.92 Å². The maximum Gasteiger partial charge on any atom is 0.265 e. The Hall–Kier alpha value is -2.70. The summed E-state index contributed by atoms with van der Waals surface area (Å²) < 4.78 is 2.45. The molecule has 1 aromatic carbocycles. The highest BCUT2D eigenvalue weighted by atomic mass is 35.5. The maximum absolute atomic E-state index is 12.4. The highest BCUT2D eigenvalue weighted by molar-refractivity contribution is 7.18. The fourth-order valence-electron chi connectivity index (χ4n) is 2.51. The van der Waals surface area contributed by atoms with Crippen molar-refractivity contribution in [3.63, 3.8) is 0 Å². The third kappa shape index (κ3) is 3.14. The number of thiophene rings is 1. The van der Waals surface area contributed by atoms with Gasteiger partial charge in [-0.3, -0.25) is 9.20 Å². The van der Waals surface area contributed by atoms with Crippen LogP contribution >= 0.6 is 22.9 Å². The number of aromatic nitrogens is 3. The smallest absolute Gasteiger partial charge is 0.265 e. The van der Waals surface area contributed by atoms with Crippen LogP contribution < -0.4 is 5.32 Å². The van der Waals surface area contributed by atoms with Crippen molar-refractivity contribution in [3.8, 4) is 11.3 Å². The zero-order valence-electron chi connectivity index (χ0n) is 13.2. The summed E-state index contributed by atoms with van der Waals surface area (Å²) >= 11 is 7.16. The summed E-state index contributed by atoms with van der Waals surface area (Å²) in [5.41, 5.74) is 3.43. The number of nitrogens with one attached hydrogen (secondary N) is 1. The second-order valence-electron chi connectivity index (χ2n) is 5.54. The molecule has 0 aliphatic rings. The van der Waals surface area contributed by atoms with Crippen LogP contribution in [0.1, 0.15) is 15.2 Å². The number of hydrogen-bond donors (Lipinski definition) is 1. The van der Waals surface area contributed by atoms with Crippen LogP contribution in [-0.4, -0.2) is 20.3 Å². The average molecular weight is 369 g/mol. The summed E-state index contributed by atoms with van der Waals surface area (Å²) in [6.07, 6.45) is 5.52. The Labute approximate surface area is 152 Å². The van der Waals surface area contributed by atoms with Crippen molar-refractivity contribution < 1.29 is 4.79 Å². The van der Waals surface area contributed by atoms with E-state index >= 15 is 0 Å². The van der Waals surface area contributed by atoms with Gasteiger partial charge in [0.2, 0.25) is 5.78 Å². The van der Waals surface area contributed by atoms with Crippen LogP contribution in [0.5, 0.6) is 0 Å². The van der Waals surface area contributed by atoms with Crippen molar-refractivity contribution in [2.75, 3.05) is 5.32 Å². The van der Waals surface area contributed by atoms with E-state index < -0.39 is 0 Å². The van der Waals surface area contributed by atoms with Crippen LogP contribution in [0.4, 0.5) is 5.69 Å². The first-order valence-electron chi connectivity index (χ1n) is 7.57. The third-order valence-corrected chi connectivity index (χ3v) is 5.04. The topological polar surface area (TPSA) is 59.3 Å². The molecule has 3 aromatic heterocycles. The summed E-state index contributed by atoms with van der Waals surface area (Å²) in [5, 5.41) is 2.95. The zero-order chi connectivity index (χ0) is 17.4. The second-order valence-corrected chi connectivity index (χ2v) is 7.26. The van der Waals surface area contributed by atoms with E-state index in [-0.39, 0.29) is 5.91 Å². The monoisotopic (exact) mass is 368 g/mol. The van der Waals surface area contributed by atoms with E-state index in [0.29, 0.717) is 15.0 Å². The normalized spacial score (nSPS) is 11.0. The molecular weight excluding hydrogens is 356 g/mol. The number of rotatable bonds is 3. The zero-order valence-corrected chi connectivity index (χ0v) is 14.8. The van der Waals surface area contributed by atoms with Gasteiger partial charge in [0, 0.05) is 29.8 Å². The predicted molar refractivity (Wildman–Crippen MR) is 100 cm³/mol. The lowest BCUT2D eigenvalue weighted by atomic mass is 10.1. The standard InChI is InChI=1S/C18H13ClN4OS/c1-11-3-4-12(14-10-23-8-2-7-20-18(23)22-14)9-13(11)21-17(24)15-5-6-16(19)25-15/h2-10H,1H3,(H,21,24). The molecule has 1 N–H and O–H groups in total. The van der Waals surface area contributed by atoms with Gasteiger partial charge in [-0.25, -0.2) is 9.97 Å². The van der Waals surface area contributed by atoms with E-state index in [1.165, 1.54) is 11.3 Å². The van der Waals surface area contributed by atoms with Crippen molar-refractivity contribution >= 4 is 40.3 Å². The molecule has 0 spiro atoms. The van der Waals surface area contributed by atoms with Gasteiger partial charge in [0.25, 0.3) is 5.91 Å². The Balaban J connectivity index is 1.67. The number of anilines is 1. The van der Waals surface area contributed by atoms with Gasteiger partial charge in [0.1, 0.15) is 0 Å². The van der Waals surface area contributed by atoms with Crippen LogP contribution in [0.3, 0.4) is 0 Å². The van der Waals surface area contributed by atoms with E-state index in [2.05, 4.69) is 15.3 Å². The van der Waals surface area contributed by atoms with Crippen LogP contribution in [0.2, 0.25) is 4.34 Å². The highest BCUT2D eigenvalue weighted by Gasteiger charge is 2.12. The number of fused-ring (bicyclic) bond motifs is 1. The first-order chi connectivity index (χ1) is 12.1. The Morgan fingerprint density at radius 2 is 2.16 bits per heavy atom. The molecule has 0 atom stereocenters. The molecule has 0 saturated heterocycles. The number of carbonyl (C=O) groups excluding carboxylic acids is 1. The van der Waals surface area contributed by atoms with Gasteiger partial charge in [-0.05, 0) is 36.8 Å². The Morgan fingerprint density at radius 3 is 2.92 bits per heavy atom. The summed E-state index contributed by atoms with van der Waals surface area (Å²) in [4.78, 5) is 21.7. The van der Waals surface area contributed by atoms with Gasteiger partial charge in [0.15, 0.2) is 0 Å². The molecule has 0 aliphatic heterocycles. The van der Waals surface area contributed by atoms with Gasteiger partial charge < -0.3 is 5.32 Å². The molecule has 0 aliphatic carbocycles. The molecule has 4 rings (SSSR count). The van der Waals surface area contributed by atoms with Gasteiger partial charge >= 0.3 is 0 Å². The number of imidazole rings is 1. The number of hydrogen-bond acceptors (Lipinski definition) is 4. The SMILES string of the molecule is Cc1ccc(-c2cn3cccnc3n2)cc1NC(=O)c1ccc(Cl)s1. The Kier molecular flexibility index (Phi) is 3.99. The van der Waals surface area contributed by atoms with Crippen molar-refractivity contribution in [1.82, 2.24) is 14.4 Å². The van der Waals surface area contributed by atoms with E-state index in [1.54, 1.807) is 18.3 Å². The fraction of sp³-hybridized carbons (Fsp3) is 0.0556. The summed E-state index contributed by atoms with van der Waals surface area (Å²) in [5.74, 6) is 0.464.